The molecule has 3 nitrogen and oxygen atoms in total. The molecule has 0 bridgehead atoms. The lowest BCUT2D eigenvalue weighted by atomic mass is 9.86. The maximum absolute atomic E-state index is 13.1. The van der Waals surface area contributed by atoms with E-state index in [0.29, 0.717) is 6.54 Å². The van der Waals surface area contributed by atoms with Crippen molar-refractivity contribution < 1.29 is 14.3 Å². The summed E-state index contributed by atoms with van der Waals surface area (Å²) in [4.78, 5) is 13.0. The van der Waals surface area contributed by atoms with E-state index in [1.807, 2.05) is 6.92 Å². The molecule has 1 atom stereocenters. The Balaban J connectivity index is 1.90. The number of hydrogen-bond donors (Lipinski definition) is 1. The molecule has 2 rings (SSSR count). The van der Waals surface area contributed by atoms with E-state index in [2.05, 4.69) is 4.90 Å². The van der Waals surface area contributed by atoms with Gasteiger partial charge in [-0.25, -0.2) is 4.39 Å². The summed E-state index contributed by atoms with van der Waals surface area (Å²) in [5.41, 5.74) is 2.06. The Morgan fingerprint density at radius 3 is 2.83 bits per heavy atom. The van der Waals surface area contributed by atoms with Crippen molar-refractivity contribution in [3.8, 4) is 0 Å². The molecule has 18 heavy (non-hydrogen) atoms. The molecule has 1 unspecified atom stereocenters. The number of aliphatic carboxylic acids is 1. The number of halogens is 1. The predicted octanol–water partition coefficient (Wildman–Crippen LogP) is 2.29. The van der Waals surface area contributed by atoms with Gasteiger partial charge in [-0.15, -0.1) is 0 Å². The highest BCUT2D eigenvalue weighted by molar-refractivity contribution is 5.70. The summed E-state index contributed by atoms with van der Waals surface area (Å²) in [7, 11) is 0. The standard InChI is InChI=1S/C14H18FNO2/c1-9-3-4-13(15)5-11(9)6-16-7-12(8-16)10(2)14(17)18/h3-5,10,12H,6-8H2,1-2H3,(H,17,18). The fraction of sp³-hybridized carbons (Fsp3) is 0.500. The summed E-state index contributed by atoms with van der Waals surface area (Å²) in [6.07, 6.45) is 0. The minimum atomic E-state index is -0.735. The van der Waals surface area contributed by atoms with E-state index in [-0.39, 0.29) is 17.7 Å². The third-order valence-corrected chi connectivity index (χ3v) is 3.79. The Bertz CT molecular complexity index is 455. The third kappa shape index (κ3) is 2.70. The van der Waals surface area contributed by atoms with Gasteiger partial charge in [0.05, 0.1) is 5.92 Å². The number of aryl methyl sites for hydroxylation is 1. The number of carboxylic acid groups (broad SMARTS) is 1. The third-order valence-electron chi connectivity index (χ3n) is 3.79. The number of benzene rings is 1. The number of carboxylic acids is 1. The van der Waals surface area contributed by atoms with Crippen molar-refractivity contribution in [1.82, 2.24) is 4.90 Å². The van der Waals surface area contributed by atoms with Crippen LogP contribution in [0.15, 0.2) is 18.2 Å². The normalized spacial score (nSPS) is 18.4. The summed E-state index contributed by atoms with van der Waals surface area (Å²) in [5, 5.41) is 8.91. The number of hydrogen-bond acceptors (Lipinski definition) is 2. The first-order valence-electron chi connectivity index (χ1n) is 6.17. The van der Waals surface area contributed by atoms with Gasteiger partial charge in [0.1, 0.15) is 5.82 Å². The van der Waals surface area contributed by atoms with E-state index in [1.165, 1.54) is 6.07 Å². The van der Waals surface area contributed by atoms with Crippen molar-refractivity contribution in [3.63, 3.8) is 0 Å². The van der Waals surface area contributed by atoms with Crippen LogP contribution in [0.25, 0.3) is 0 Å². The second-order valence-corrected chi connectivity index (χ2v) is 5.15. The molecule has 4 heteroatoms. The first-order chi connectivity index (χ1) is 8.47. The summed E-state index contributed by atoms with van der Waals surface area (Å²) in [6, 6.07) is 4.80. The van der Waals surface area contributed by atoms with Gasteiger partial charge in [-0.3, -0.25) is 9.69 Å². The smallest absolute Gasteiger partial charge is 0.306 e. The van der Waals surface area contributed by atoms with Gasteiger partial charge in [0.15, 0.2) is 0 Å². The van der Waals surface area contributed by atoms with Crippen molar-refractivity contribution in [2.45, 2.75) is 20.4 Å². The van der Waals surface area contributed by atoms with E-state index < -0.39 is 5.97 Å². The second kappa shape index (κ2) is 5.06. The Morgan fingerprint density at radius 1 is 1.56 bits per heavy atom. The molecule has 1 aromatic carbocycles. The van der Waals surface area contributed by atoms with Crippen LogP contribution in [0.5, 0.6) is 0 Å². The van der Waals surface area contributed by atoms with Gasteiger partial charge < -0.3 is 5.11 Å². The average molecular weight is 251 g/mol. The quantitative estimate of drug-likeness (QED) is 0.892. The molecule has 0 aliphatic carbocycles. The molecule has 1 aromatic rings. The molecule has 0 radical (unpaired) electrons. The molecule has 1 aliphatic heterocycles. The van der Waals surface area contributed by atoms with Crippen molar-refractivity contribution in [2.24, 2.45) is 11.8 Å². The Kier molecular flexibility index (Phi) is 3.66. The molecule has 98 valence electrons. The van der Waals surface area contributed by atoms with Gasteiger partial charge >= 0.3 is 5.97 Å². The summed E-state index contributed by atoms with van der Waals surface area (Å²) in [5.74, 6) is -1.03. The maximum Gasteiger partial charge on any atom is 0.306 e. The maximum atomic E-state index is 13.1. The van der Waals surface area contributed by atoms with Gasteiger partial charge in [-0.05, 0) is 36.1 Å². The molecule has 0 spiro atoms. The second-order valence-electron chi connectivity index (χ2n) is 5.15. The Morgan fingerprint density at radius 2 is 2.22 bits per heavy atom. The summed E-state index contributed by atoms with van der Waals surface area (Å²) in [6.45, 7) is 5.98. The Labute approximate surface area is 106 Å². The first kappa shape index (κ1) is 13.0. The highest BCUT2D eigenvalue weighted by atomic mass is 19.1. The van der Waals surface area contributed by atoms with E-state index in [0.717, 1.165) is 24.2 Å². The highest BCUT2D eigenvalue weighted by Gasteiger charge is 2.34. The van der Waals surface area contributed by atoms with Crippen LogP contribution >= 0.6 is 0 Å². The topological polar surface area (TPSA) is 40.5 Å². The minimum Gasteiger partial charge on any atom is -0.481 e. The van der Waals surface area contributed by atoms with Crippen molar-refractivity contribution in [2.75, 3.05) is 13.1 Å². The van der Waals surface area contributed by atoms with Crippen molar-refractivity contribution in [1.29, 1.82) is 0 Å². The average Bonchev–Trinajstić information content (AvgIpc) is 2.26. The zero-order valence-corrected chi connectivity index (χ0v) is 10.7. The monoisotopic (exact) mass is 251 g/mol. The van der Waals surface area contributed by atoms with Crippen molar-refractivity contribution >= 4 is 5.97 Å². The molecule has 1 fully saturated rings. The molecule has 1 heterocycles. The molecule has 0 saturated carbocycles. The van der Waals surface area contributed by atoms with Crippen LogP contribution in [0.3, 0.4) is 0 Å². The minimum absolute atomic E-state index is 0.216. The molecular weight excluding hydrogens is 233 g/mol. The van der Waals surface area contributed by atoms with Gasteiger partial charge in [-0.1, -0.05) is 13.0 Å². The van der Waals surface area contributed by atoms with E-state index >= 15 is 0 Å². The molecule has 1 aliphatic rings. The fourth-order valence-electron chi connectivity index (χ4n) is 2.31. The first-order valence-corrected chi connectivity index (χ1v) is 6.17. The van der Waals surface area contributed by atoms with Gasteiger partial charge in [-0.2, -0.15) is 0 Å². The van der Waals surface area contributed by atoms with Gasteiger partial charge in [0.25, 0.3) is 0 Å². The van der Waals surface area contributed by atoms with E-state index in [4.69, 9.17) is 5.11 Å². The van der Waals surface area contributed by atoms with Crippen LogP contribution in [-0.4, -0.2) is 29.1 Å². The number of likely N-dealkylation sites (tertiary alicyclic amines) is 1. The van der Waals surface area contributed by atoms with Crippen LogP contribution < -0.4 is 0 Å². The lowest BCUT2D eigenvalue weighted by Gasteiger charge is -2.41. The van der Waals surface area contributed by atoms with Crippen LogP contribution in [0.1, 0.15) is 18.1 Å². The van der Waals surface area contributed by atoms with E-state index in [1.54, 1.807) is 19.1 Å². The largest absolute Gasteiger partial charge is 0.481 e. The van der Waals surface area contributed by atoms with Crippen LogP contribution in [-0.2, 0) is 11.3 Å². The predicted molar refractivity (Wildman–Crippen MR) is 66.7 cm³/mol. The lowest BCUT2D eigenvalue weighted by Crippen LogP contribution is -2.50. The van der Waals surface area contributed by atoms with Crippen LogP contribution in [0.4, 0.5) is 4.39 Å². The van der Waals surface area contributed by atoms with Crippen molar-refractivity contribution in [3.05, 3.63) is 35.1 Å². The number of rotatable bonds is 4. The molecule has 1 N–H and O–H groups in total. The van der Waals surface area contributed by atoms with E-state index in [9.17, 15) is 9.18 Å². The fourth-order valence-corrected chi connectivity index (χ4v) is 2.31. The molecule has 0 aromatic heterocycles. The van der Waals surface area contributed by atoms with Gasteiger partial charge in [0, 0.05) is 19.6 Å². The summed E-state index contributed by atoms with van der Waals surface area (Å²) >= 11 is 0. The lowest BCUT2D eigenvalue weighted by molar-refractivity contribution is -0.145. The number of carbonyl (C=O) groups is 1. The van der Waals surface area contributed by atoms with Crippen LogP contribution in [0.2, 0.25) is 0 Å². The number of nitrogens with zero attached hydrogens (tertiary/aromatic N) is 1. The zero-order chi connectivity index (χ0) is 13.3. The summed E-state index contributed by atoms with van der Waals surface area (Å²) < 4.78 is 13.1. The Hall–Kier alpha value is -1.42. The molecular formula is C14H18FNO2. The van der Waals surface area contributed by atoms with Crippen LogP contribution in [0, 0.1) is 24.6 Å². The molecule has 0 amide bonds. The zero-order valence-electron chi connectivity index (χ0n) is 10.7. The SMILES string of the molecule is Cc1ccc(F)cc1CN1CC(C(C)C(=O)O)C1. The highest BCUT2D eigenvalue weighted by Crippen LogP contribution is 2.26. The molecule has 1 saturated heterocycles. The van der Waals surface area contributed by atoms with Gasteiger partial charge in [0.2, 0.25) is 0 Å².